The number of nitrogens with zero attached hydrogens (tertiary/aromatic N) is 10. The SMILES string of the molecule is O=S(=O)(O)c1cc(Nc2nc(Cl)nc(Nc3ccc(C=Cc4ccc(Nc5nc(Cl)nc(Nc6cc(S(=O)(=O)O)cc7cc(S(=O)(=O)O)c(N=Nc8ccc9ccccc9c8S(=O)(=O)O)c(O)c67)n5)cc4S(=O)(=O)O)c(S(=O)(=O)O)c3)n2)c2c(O)c(N=Nc3ccc4ccccc4c3S(=O)(=O)O)c(S(=O)(=O)O)cc2c1. The minimum Gasteiger partial charge on any atom is -0.505 e. The lowest BCUT2D eigenvalue weighted by atomic mass is 10.1. The summed E-state index contributed by atoms with van der Waals surface area (Å²) in [5.41, 5.74) is -5.90. The lowest BCUT2D eigenvalue weighted by molar-refractivity contribution is 0.471. The molecule has 2 heterocycles. The van der Waals surface area contributed by atoms with E-state index in [2.05, 4.69) is 71.6 Å². The molecule has 10 aromatic carbocycles. The fourth-order valence-corrected chi connectivity index (χ4v) is 16.7. The molecule has 0 unspecified atom stereocenters. The van der Waals surface area contributed by atoms with Gasteiger partial charge in [-0.15, -0.1) is 20.5 Å². The Morgan fingerprint density at radius 2 is 0.664 bits per heavy atom. The number of nitrogens with one attached hydrogen (secondary N) is 4. The van der Waals surface area contributed by atoms with Crippen LogP contribution in [0.3, 0.4) is 0 Å². The summed E-state index contributed by atoms with van der Waals surface area (Å²) < 4.78 is 287. The van der Waals surface area contributed by atoms with Gasteiger partial charge in [0, 0.05) is 32.9 Å². The number of phenolic OH excluding ortho intramolecular Hbond substituents is 2. The molecule has 0 atom stereocenters. The quantitative estimate of drug-likeness (QED) is 0.0170. The van der Waals surface area contributed by atoms with Crippen LogP contribution in [0.25, 0.3) is 55.2 Å². The Morgan fingerprint density at radius 1 is 0.327 bits per heavy atom. The Kier molecular flexibility index (Phi) is 20.5. The molecule has 110 heavy (non-hydrogen) atoms. The van der Waals surface area contributed by atoms with Gasteiger partial charge >= 0.3 is 0 Å². The van der Waals surface area contributed by atoms with Crippen LogP contribution >= 0.6 is 23.2 Å². The van der Waals surface area contributed by atoms with Crippen LogP contribution in [0.15, 0.2) is 205 Å². The monoisotopic (exact) mass is 1700 g/mol. The van der Waals surface area contributed by atoms with E-state index in [1.807, 2.05) is 0 Å². The van der Waals surface area contributed by atoms with Gasteiger partial charge in [0.05, 0.1) is 21.2 Å². The molecule has 0 amide bonds. The summed E-state index contributed by atoms with van der Waals surface area (Å²) in [6.45, 7) is 0. The van der Waals surface area contributed by atoms with Gasteiger partial charge in [0.2, 0.25) is 34.4 Å². The highest BCUT2D eigenvalue weighted by Gasteiger charge is 2.31. The number of halogens is 2. The lowest BCUT2D eigenvalue weighted by Crippen LogP contribution is -2.07. The van der Waals surface area contributed by atoms with Crippen LogP contribution in [0, 0.1) is 0 Å². The Labute approximate surface area is 627 Å². The van der Waals surface area contributed by atoms with Crippen LogP contribution in [0.1, 0.15) is 11.1 Å². The fraction of sp³-hybridized carbons (Fsp3) is 0. The first-order valence-electron chi connectivity index (χ1n) is 29.4. The van der Waals surface area contributed by atoms with E-state index in [1.54, 1.807) is 12.1 Å². The number of azo groups is 2. The zero-order valence-corrected chi connectivity index (χ0v) is 61.6. The first-order valence-corrected chi connectivity index (χ1v) is 41.7. The van der Waals surface area contributed by atoms with Gasteiger partial charge in [-0.25, -0.2) is 0 Å². The van der Waals surface area contributed by atoms with Crippen LogP contribution in [0.5, 0.6) is 11.5 Å². The van der Waals surface area contributed by atoms with Crippen molar-refractivity contribution < 1.29 is 114 Å². The molecule has 0 aliphatic heterocycles. The van der Waals surface area contributed by atoms with Crippen molar-refractivity contribution in [2.24, 2.45) is 20.5 Å². The first kappa shape index (κ1) is 78.4. The number of rotatable bonds is 22. The highest BCUT2D eigenvalue weighted by molar-refractivity contribution is 7.88. The van der Waals surface area contributed by atoms with Gasteiger partial charge in [-0.05, 0) is 129 Å². The van der Waals surface area contributed by atoms with E-state index in [1.165, 1.54) is 48.5 Å². The molecule has 0 fully saturated rings. The topological polar surface area (TPSA) is 650 Å². The summed E-state index contributed by atoms with van der Waals surface area (Å²) in [5, 5.41) is 45.7. The summed E-state index contributed by atoms with van der Waals surface area (Å²) in [4.78, 5) is 16.0. The molecule has 12 rings (SSSR count). The molecule has 0 bridgehead atoms. The first-order chi connectivity index (χ1) is 51.2. The number of phenols is 2. The third-order valence-electron chi connectivity index (χ3n) is 15.4. The van der Waals surface area contributed by atoms with Gasteiger partial charge in [-0.1, -0.05) is 84.9 Å². The molecule has 12 aromatic rings. The number of aromatic hydroxyl groups is 2. The van der Waals surface area contributed by atoms with E-state index < -0.39 is 222 Å². The Balaban J connectivity index is 0.836. The molecule has 0 saturated carbocycles. The molecule has 40 nitrogen and oxygen atoms in total. The van der Waals surface area contributed by atoms with Gasteiger partial charge in [0.1, 0.15) is 52.1 Å². The van der Waals surface area contributed by atoms with E-state index in [-0.39, 0.29) is 33.3 Å². The normalized spacial score (nSPS) is 13.0. The molecule has 14 N–H and O–H groups in total. The average Bonchev–Trinajstić information content (AvgIpc) is 0.751. The van der Waals surface area contributed by atoms with Crippen LogP contribution in [0.2, 0.25) is 10.6 Å². The molecule has 0 saturated heterocycles. The minimum atomic E-state index is -5.48. The molecule has 0 spiro atoms. The highest BCUT2D eigenvalue weighted by atomic mass is 35.5. The Bertz CT molecular complexity index is 6700. The van der Waals surface area contributed by atoms with Crippen LogP contribution in [0.4, 0.5) is 69.3 Å². The predicted octanol–water partition coefficient (Wildman–Crippen LogP) is 11.3. The Hall–Kier alpha value is -11.1. The zero-order valence-electron chi connectivity index (χ0n) is 53.5. The summed E-state index contributed by atoms with van der Waals surface area (Å²) in [6.07, 6.45) is 1.95. The molecule has 2 aromatic heterocycles. The molecular formula is C60H40Cl2N14O26S8. The standard InChI is InChI=1S/C60H40Cl2N14O26S8/c61-55-67-57(71-59(69-55)65-41-25-35(103(79,80)81)19-31-21-45(107(91,92)93)49(51(77)47(31)41)75-73-39-17-13-27-5-1-3-7-37(27)53(39)109(97,98)99)63-33-15-11-29(43(23-33)105(85,86)87)9-10-30-12-16-34(24-44(30)106(88,89)90)64-58-68-56(62)70-60(72-58)66-42-26-36(104(82,83)84)20-32-22-46(108(94,95)96)50(52(78)48(32)42)76-74-40-18-14-28-6-2-4-8-38(28)54(40)110(100,101)102/h1-26,77-78H,(H,79,80,81)(H,82,83,84)(H,85,86,87)(H,88,89,90)(H,91,92,93)(H,94,95,96)(H,97,98,99)(H,100,101,102)(H2,63,65,67,69,71)(H2,64,66,68,70,72). The number of anilines is 8. The van der Waals surface area contributed by atoms with Crippen molar-refractivity contribution in [3.63, 3.8) is 0 Å². The number of benzene rings is 10. The minimum absolute atomic E-state index is 0.0701. The maximum absolute atomic E-state index is 13.0. The van der Waals surface area contributed by atoms with Crippen molar-refractivity contribution in [1.29, 1.82) is 0 Å². The van der Waals surface area contributed by atoms with Crippen molar-refractivity contribution in [2.45, 2.75) is 39.2 Å². The van der Waals surface area contributed by atoms with Gasteiger partial charge in [0.25, 0.3) is 80.9 Å². The second kappa shape index (κ2) is 28.7. The van der Waals surface area contributed by atoms with E-state index in [0.29, 0.717) is 47.2 Å². The maximum Gasteiger partial charge on any atom is 0.297 e. The number of hydrogen-bond acceptors (Lipinski definition) is 32. The number of fused-ring (bicyclic) bond motifs is 4. The molecular weight excluding hydrogens is 1660 g/mol. The molecule has 0 aliphatic rings. The predicted molar refractivity (Wildman–Crippen MR) is 391 cm³/mol. The van der Waals surface area contributed by atoms with Crippen molar-refractivity contribution >= 4 is 229 Å². The van der Waals surface area contributed by atoms with Gasteiger partial charge in [-0.3, -0.25) is 36.4 Å². The van der Waals surface area contributed by atoms with E-state index in [4.69, 9.17) is 23.2 Å². The van der Waals surface area contributed by atoms with Gasteiger partial charge in [0.15, 0.2) is 11.5 Å². The summed E-state index contributed by atoms with van der Waals surface area (Å²) in [7, 11) is -42.2. The lowest BCUT2D eigenvalue weighted by Gasteiger charge is -2.15. The third-order valence-corrected chi connectivity index (χ3v) is 22.8. The molecule has 568 valence electrons. The molecule has 50 heteroatoms. The summed E-state index contributed by atoms with van der Waals surface area (Å²) in [6, 6.07) is 26.2. The second-order valence-corrected chi connectivity index (χ2v) is 34.4. The van der Waals surface area contributed by atoms with E-state index >= 15 is 0 Å². The number of aromatic nitrogens is 6. The van der Waals surface area contributed by atoms with Crippen LogP contribution < -0.4 is 21.3 Å². The van der Waals surface area contributed by atoms with E-state index in [0.717, 1.165) is 60.7 Å². The van der Waals surface area contributed by atoms with E-state index in [9.17, 15) is 114 Å². The van der Waals surface area contributed by atoms with Crippen LogP contribution in [-0.2, 0) is 80.9 Å². The zero-order chi connectivity index (χ0) is 79.9. The molecule has 0 radical (unpaired) electrons. The van der Waals surface area contributed by atoms with Crippen molar-refractivity contribution in [1.82, 2.24) is 29.9 Å². The van der Waals surface area contributed by atoms with Gasteiger partial charge in [-0.2, -0.15) is 97.2 Å². The Morgan fingerprint density at radius 3 is 0.991 bits per heavy atom. The smallest absolute Gasteiger partial charge is 0.297 e. The summed E-state index contributed by atoms with van der Waals surface area (Å²) in [5.74, 6) is -4.91. The maximum atomic E-state index is 13.0. The average molecular weight is 1700 g/mol. The van der Waals surface area contributed by atoms with Crippen molar-refractivity contribution in [3.8, 4) is 11.5 Å². The van der Waals surface area contributed by atoms with Gasteiger partial charge < -0.3 is 31.5 Å². The third kappa shape index (κ3) is 16.8. The summed E-state index contributed by atoms with van der Waals surface area (Å²) >= 11 is 12.5. The van der Waals surface area contributed by atoms with Crippen LogP contribution in [-0.4, -0.2) is 144 Å². The van der Waals surface area contributed by atoms with Crippen molar-refractivity contribution in [3.05, 3.63) is 167 Å². The molecule has 0 aliphatic carbocycles. The number of hydrogen-bond donors (Lipinski definition) is 14. The largest absolute Gasteiger partial charge is 0.505 e. The second-order valence-electron chi connectivity index (χ2n) is 22.6. The highest BCUT2D eigenvalue weighted by Crippen LogP contribution is 2.49. The van der Waals surface area contributed by atoms with Crippen molar-refractivity contribution in [2.75, 3.05) is 21.3 Å². The fourth-order valence-electron chi connectivity index (χ4n) is 10.9.